The van der Waals surface area contributed by atoms with Crippen LogP contribution in [0.3, 0.4) is 0 Å². The van der Waals surface area contributed by atoms with Crippen molar-refractivity contribution in [3.63, 3.8) is 0 Å². The molecule has 0 unspecified atom stereocenters. The van der Waals surface area contributed by atoms with Gasteiger partial charge in [0.1, 0.15) is 12.4 Å². The number of esters is 1. The summed E-state index contributed by atoms with van der Waals surface area (Å²) in [6, 6.07) is 23.3. The number of fused-ring (bicyclic) bond motifs is 1. The Morgan fingerprint density at radius 1 is 0.970 bits per heavy atom. The lowest BCUT2D eigenvalue weighted by Gasteiger charge is -2.32. The molecule has 1 atom stereocenters. The summed E-state index contributed by atoms with van der Waals surface area (Å²) in [5.74, 6) is -0.194. The summed E-state index contributed by atoms with van der Waals surface area (Å²) in [5.41, 5.74) is 2.64. The maximum absolute atomic E-state index is 12.5. The SMILES string of the molecule is C[C@@H]1Oc2ccccc2N(CCC(=O)OCc2ccc(C(=O)Nc3ccccc3)cc2)C1=O. The minimum atomic E-state index is -0.603. The Bertz CT molecular complexity index is 1140. The summed E-state index contributed by atoms with van der Waals surface area (Å²) in [7, 11) is 0. The molecule has 1 N–H and O–H groups in total. The van der Waals surface area contributed by atoms with Gasteiger partial charge < -0.3 is 19.7 Å². The predicted octanol–water partition coefficient (Wildman–Crippen LogP) is 4.19. The van der Waals surface area contributed by atoms with Gasteiger partial charge in [0.25, 0.3) is 11.8 Å². The second-order valence-electron chi connectivity index (χ2n) is 7.65. The average molecular weight is 444 g/mol. The molecule has 3 aromatic rings. The molecular formula is C26H24N2O5. The molecule has 1 aliphatic heterocycles. The van der Waals surface area contributed by atoms with Gasteiger partial charge in [-0.2, -0.15) is 0 Å². The Hall–Kier alpha value is -4.13. The molecule has 0 saturated heterocycles. The quantitative estimate of drug-likeness (QED) is 0.553. The van der Waals surface area contributed by atoms with Crippen LogP contribution in [0.15, 0.2) is 78.9 Å². The Labute approximate surface area is 191 Å². The molecule has 0 fully saturated rings. The second kappa shape index (κ2) is 9.99. The first-order valence-corrected chi connectivity index (χ1v) is 10.7. The number of hydrogen-bond acceptors (Lipinski definition) is 5. The van der Waals surface area contributed by atoms with Gasteiger partial charge in [0.05, 0.1) is 12.1 Å². The molecule has 1 aliphatic rings. The number of hydrogen-bond donors (Lipinski definition) is 1. The zero-order valence-corrected chi connectivity index (χ0v) is 18.2. The van der Waals surface area contributed by atoms with Crippen LogP contribution in [0.2, 0.25) is 0 Å². The van der Waals surface area contributed by atoms with E-state index in [1.54, 1.807) is 48.2 Å². The monoisotopic (exact) mass is 444 g/mol. The first-order valence-electron chi connectivity index (χ1n) is 10.7. The molecular weight excluding hydrogens is 420 g/mol. The summed E-state index contributed by atoms with van der Waals surface area (Å²) < 4.78 is 11.0. The number of para-hydroxylation sites is 3. The molecule has 4 rings (SSSR count). The Kier molecular flexibility index (Phi) is 6.69. The molecule has 7 nitrogen and oxygen atoms in total. The smallest absolute Gasteiger partial charge is 0.307 e. The minimum absolute atomic E-state index is 0.0599. The van der Waals surface area contributed by atoms with Gasteiger partial charge in [0.15, 0.2) is 6.10 Å². The third-order valence-corrected chi connectivity index (χ3v) is 5.26. The molecule has 0 radical (unpaired) electrons. The van der Waals surface area contributed by atoms with E-state index in [0.717, 1.165) is 11.3 Å². The first-order chi connectivity index (χ1) is 16.0. The highest BCUT2D eigenvalue weighted by Crippen LogP contribution is 2.33. The van der Waals surface area contributed by atoms with E-state index < -0.39 is 12.1 Å². The molecule has 0 bridgehead atoms. The lowest BCUT2D eigenvalue weighted by atomic mass is 10.1. The third-order valence-electron chi connectivity index (χ3n) is 5.26. The molecule has 0 spiro atoms. The lowest BCUT2D eigenvalue weighted by Crippen LogP contribution is -2.45. The summed E-state index contributed by atoms with van der Waals surface area (Å²) in [4.78, 5) is 38.7. The summed E-state index contributed by atoms with van der Waals surface area (Å²) in [6.45, 7) is 1.98. The van der Waals surface area contributed by atoms with Crippen molar-refractivity contribution in [1.82, 2.24) is 0 Å². The Morgan fingerprint density at radius 3 is 2.42 bits per heavy atom. The van der Waals surface area contributed by atoms with Gasteiger partial charge in [-0.3, -0.25) is 14.4 Å². The van der Waals surface area contributed by atoms with Crippen molar-refractivity contribution in [3.05, 3.63) is 90.0 Å². The van der Waals surface area contributed by atoms with Gasteiger partial charge in [-0.15, -0.1) is 0 Å². The van der Waals surface area contributed by atoms with E-state index in [9.17, 15) is 14.4 Å². The lowest BCUT2D eigenvalue weighted by molar-refractivity contribution is -0.144. The molecule has 0 saturated carbocycles. The van der Waals surface area contributed by atoms with Crippen LogP contribution >= 0.6 is 0 Å². The van der Waals surface area contributed by atoms with E-state index in [4.69, 9.17) is 9.47 Å². The van der Waals surface area contributed by atoms with Crippen LogP contribution in [0.25, 0.3) is 0 Å². The van der Waals surface area contributed by atoms with Crippen molar-refractivity contribution in [2.24, 2.45) is 0 Å². The van der Waals surface area contributed by atoms with E-state index in [1.165, 1.54) is 0 Å². The molecule has 3 aromatic carbocycles. The number of nitrogens with zero attached hydrogens (tertiary/aromatic N) is 1. The van der Waals surface area contributed by atoms with Crippen LogP contribution in [0.4, 0.5) is 11.4 Å². The molecule has 0 aromatic heterocycles. The van der Waals surface area contributed by atoms with Crippen LogP contribution in [0.5, 0.6) is 5.75 Å². The van der Waals surface area contributed by atoms with Crippen molar-refractivity contribution in [3.8, 4) is 5.75 Å². The van der Waals surface area contributed by atoms with Crippen molar-refractivity contribution >= 4 is 29.2 Å². The van der Waals surface area contributed by atoms with Gasteiger partial charge in [-0.25, -0.2) is 0 Å². The zero-order chi connectivity index (χ0) is 23.2. The number of amides is 2. The molecule has 33 heavy (non-hydrogen) atoms. The molecule has 0 aliphatic carbocycles. The number of carbonyl (C=O) groups is 3. The van der Waals surface area contributed by atoms with Gasteiger partial charge in [0.2, 0.25) is 0 Å². The van der Waals surface area contributed by atoms with Gasteiger partial charge >= 0.3 is 5.97 Å². The topological polar surface area (TPSA) is 84.9 Å². The van der Waals surface area contributed by atoms with Crippen LogP contribution in [-0.2, 0) is 20.9 Å². The second-order valence-corrected chi connectivity index (χ2v) is 7.65. The number of anilines is 2. The normalized spacial score (nSPS) is 14.8. The maximum atomic E-state index is 12.5. The number of rotatable bonds is 7. The number of carbonyl (C=O) groups excluding carboxylic acids is 3. The van der Waals surface area contributed by atoms with Gasteiger partial charge in [-0.05, 0) is 48.9 Å². The van der Waals surface area contributed by atoms with Crippen molar-refractivity contribution in [1.29, 1.82) is 0 Å². The molecule has 7 heteroatoms. The highest BCUT2D eigenvalue weighted by molar-refractivity contribution is 6.04. The Balaban J connectivity index is 1.28. The van der Waals surface area contributed by atoms with E-state index in [0.29, 0.717) is 17.0 Å². The van der Waals surface area contributed by atoms with E-state index in [-0.39, 0.29) is 31.4 Å². The van der Waals surface area contributed by atoms with Crippen LogP contribution in [0.1, 0.15) is 29.3 Å². The van der Waals surface area contributed by atoms with Crippen molar-refractivity contribution < 1.29 is 23.9 Å². The zero-order valence-electron chi connectivity index (χ0n) is 18.2. The average Bonchev–Trinajstić information content (AvgIpc) is 2.84. The molecule has 1 heterocycles. The molecule has 2 amide bonds. The number of benzene rings is 3. The first kappa shape index (κ1) is 22.1. The number of ether oxygens (including phenoxy) is 2. The van der Waals surface area contributed by atoms with Crippen molar-refractivity contribution in [2.75, 3.05) is 16.8 Å². The van der Waals surface area contributed by atoms with E-state index >= 15 is 0 Å². The van der Waals surface area contributed by atoms with Crippen LogP contribution in [-0.4, -0.2) is 30.4 Å². The predicted molar refractivity (Wildman–Crippen MR) is 124 cm³/mol. The highest BCUT2D eigenvalue weighted by atomic mass is 16.5. The summed E-state index contributed by atoms with van der Waals surface area (Å²) in [5, 5.41) is 2.82. The Morgan fingerprint density at radius 2 is 1.67 bits per heavy atom. The fraction of sp³-hybridized carbons (Fsp3) is 0.192. The minimum Gasteiger partial charge on any atom is -0.479 e. The van der Waals surface area contributed by atoms with Gasteiger partial charge in [0, 0.05) is 17.8 Å². The summed E-state index contributed by atoms with van der Waals surface area (Å²) in [6.07, 6.45) is -0.543. The third kappa shape index (κ3) is 5.38. The standard InChI is InChI=1S/C26H24N2O5/c1-18-26(31)28(22-9-5-6-10-23(22)33-18)16-15-24(29)32-17-19-11-13-20(14-12-19)25(30)27-21-7-3-2-4-8-21/h2-14,18H,15-17H2,1H3,(H,27,30)/t18-/m0/s1. The van der Waals surface area contributed by atoms with Crippen LogP contribution in [0, 0.1) is 0 Å². The van der Waals surface area contributed by atoms with Gasteiger partial charge in [-0.1, -0.05) is 42.5 Å². The summed E-state index contributed by atoms with van der Waals surface area (Å²) >= 11 is 0. The van der Waals surface area contributed by atoms with E-state index in [1.807, 2.05) is 42.5 Å². The van der Waals surface area contributed by atoms with E-state index in [2.05, 4.69) is 5.32 Å². The number of nitrogens with one attached hydrogen (secondary N) is 1. The van der Waals surface area contributed by atoms with Crippen molar-refractivity contribution in [2.45, 2.75) is 26.1 Å². The fourth-order valence-electron chi connectivity index (χ4n) is 3.51. The highest BCUT2D eigenvalue weighted by Gasteiger charge is 2.31. The largest absolute Gasteiger partial charge is 0.479 e. The fourth-order valence-corrected chi connectivity index (χ4v) is 3.51. The van der Waals surface area contributed by atoms with Crippen LogP contribution < -0.4 is 15.0 Å². The maximum Gasteiger partial charge on any atom is 0.307 e. The molecule has 168 valence electrons.